The number of esters is 1. The van der Waals surface area contributed by atoms with Crippen molar-refractivity contribution in [3.05, 3.63) is 29.7 Å². The predicted molar refractivity (Wildman–Crippen MR) is 90.2 cm³/mol. The van der Waals surface area contributed by atoms with Crippen LogP contribution in [0.4, 0.5) is 0 Å². The normalized spacial score (nSPS) is 20.0. The maximum absolute atomic E-state index is 11.5. The van der Waals surface area contributed by atoms with Crippen LogP contribution in [0.15, 0.2) is 16.8 Å². The number of rotatable bonds is 4. The molecule has 0 saturated carbocycles. The van der Waals surface area contributed by atoms with Gasteiger partial charge in [-0.25, -0.2) is 14.5 Å². The molecule has 8 nitrogen and oxygen atoms in total. The van der Waals surface area contributed by atoms with E-state index in [0.717, 1.165) is 31.2 Å². The number of ether oxygens (including phenoxy) is 1. The quantitative estimate of drug-likeness (QED) is 0.785. The first-order valence-electron chi connectivity index (χ1n) is 8.50. The second kappa shape index (κ2) is 6.59. The Labute approximate surface area is 147 Å². The SMILES string of the molecule is COC(=O)c1cn(C2CCN(C(C)c3ncc(C(C)(C)C)o3)C2)nn1. The number of methoxy groups -OCH3 is 1. The van der Waals surface area contributed by atoms with Gasteiger partial charge < -0.3 is 9.15 Å². The van der Waals surface area contributed by atoms with E-state index in [-0.39, 0.29) is 23.2 Å². The summed E-state index contributed by atoms with van der Waals surface area (Å²) in [7, 11) is 1.34. The van der Waals surface area contributed by atoms with Gasteiger partial charge in [0.05, 0.1) is 31.6 Å². The number of carbonyl (C=O) groups is 1. The van der Waals surface area contributed by atoms with Gasteiger partial charge in [0.2, 0.25) is 5.89 Å². The average molecular weight is 347 g/mol. The monoisotopic (exact) mass is 347 g/mol. The van der Waals surface area contributed by atoms with Crippen LogP contribution in [0.1, 0.15) is 68.3 Å². The molecule has 1 aliphatic rings. The summed E-state index contributed by atoms with van der Waals surface area (Å²) in [4.78, 5) is 18.3. The van der Waals surface area contributed by atoms with Crippen molar-refractivity contribution in [3.8, 4) is 0 Å². The van der Waals surface area contributed by atoms with Gasteiger partial charge in [-0.05, 0) is 13.3 Å². The van der Waals surface area contributed by atoms with E-state index in [2.05, 4.69) is 52.6 Å². The highest BCUT2D eigenvalue weighted by Crippen LogP contribution is 2.31. The molecule has 0 spiro atoms. The van der Waals surface area contributed by atoms with E-state index in [4.69, 9.17) is 4.42 Å². The Morgan fingerprint density at radius 2 is 2.20 bits per heavy atom. The predicted octanol–water partition coefficient (Wildman–Crippen LogP) is 2.36. The first-order valence-corrected chi connectivity index (χ1v) is 8.50. The molecule has 0 N–H and O–H groups in total. The zero-order valence-corrected chi connectivity index (χ0v) is 15.4. The van der Waals surface area contributed by atoms with E-state index < -0.39 is 5.97 Å². The Bertz CT molecular complexity index is 746. The van der Waals surface area contributed by atoms with Crippen LogP contribution in [0.3, 0.4) is 0 Å². The van der Waals surface area contributed by atoms with Gasteiger partial charge in [-0.1, -0.05) is 26.0 Å². The zero-order chi connectivity index (χ0) is 18.2. The Morgan fingerprint density at radius 3 is 2.84 bits per heavy atom. The van der Waals surface area contributed by atoms with Crippen molar-refractivity contribution in [1.82, 2.24) is 24.9 Å². The molecule has 1 aliphatic heterocycles. The summed E-state index contributed by atoms with van der Waals surface area (Å²) in [6, 6.07) is 0.259. The standard InChI is InChI=1S/C17H25N5O3/c1-11(15-18-8-14(25-15)17(2,3)4)21-7-6-12(9-21)22-10-13(19-20-22)16(23)24-5/h8,10-12H,6-7,9H2,1-5H3. The van der Waals surface area contributed by atoms with Crippen LogP contribution in [-0.4, -0.2) is 51.0 Å². The number of hydrogen-bond donors (Lipinski definition) is 0. The maximum Gasteiger partial charge on any atom is 0.360 e. The van der Waals surface area contributed by atoms with E-state index in [1.807, 2.05) is 6.20 Å². The van der Waals surface area contributed by atoms with Crippen LogP contribution in [-0.2, 0) is 10.2 Å². The number of likely N-dealkylation sites (tertiary alicyclic amines) is 1. The molecule has 1 saturated heterocycles. The van der Waals surface area contributed by atoms with Crippen molar-refractivity contribution in [2.75, 3.05) is 20.2 Å². The number of aromatic nitrogens is 4. The summed E-state index contributed by atoms with van der Waals surface area (Å²) >= 11 is 0. The van der Waals surface area contributed by atoms with Crippen LogP contribution in [0, 0.1) is 0 Å². The van der Waals surface area contributed by atoms with Gasteiger partial charge in [-0.15, -0.1) is 5.10 Å². The third-order valence-corrected chi connectivity index (χ3v) is 4.64. The lowest BCUT2D eigenvalue weighted by Gasteiger charge is -2.22. The minimum absolute atomic E-state index is 0.0521. The molecule has 3 heterocycles. The fraction of sp³-hybridized carbons (Fsp3) is 0.647. The van der Waals surface area contributed by atoms with Gasteiger partial charge in [-0.2, -0.15) is 0 Å². The van der Waals surface area contributed by atoms with Gasteiger partial charge >= 0.3 is 5.97 Å². The Morgan fingerprint density at radius 1 is 1.44 bits per heavy atom. The fourth-order valence-electron chi connectivity index (χ4n) is 2.97. The van der Waals surface area contributed by atoms with Crippen molar-refractivity contribution in [2.24, 2.45) is 0 Å². The molecule has 2 unspecified atom stereocenters. The highest BCUT2D eigenvalue weighted by molar-refractivity contribution is 5.86. The number of carbonyl (C=O) groups excluding carboxylic acids is 1. The van der Waals surface area contributed by atoms with Gasteiger partial charge in [0.1, 0.15) is 5.76 Å². The topological polar surface area (TPSA) is 86.3 Å². The van der Waals surface area contributed by atoms with Gasteiger partial charge in [0.25, 0.3) is 0 Å². The van der Waals surface area contributed by atoms with E-state index >= 15 is 0 Å². The first-order chi connectivity index (χ1) is 11.8. The molecule has 1 fully saturated rings. The largest absolute Gasteiger partial charge is 0.464 e. The molecule has 2 aromatic heterocycles. The molecular weight excluding hydrogens is 322 g/mol. The van der Waals surface area contributed by atoms with Crippen LogP contribution in [0.5, 0.6) is 0 Å². The maximum atomic E-state index is 11.5. The molecule has 0 amide bonds. The van der Waals surface area contributed by atoms with Crippen molar-refractivity contribution in [3.63, 3.8) is 0 Å². The molecule has 2 aromatic rings. The summed E-state index contributed by atoms with van der Waals surface area (Å²) in [5.41, 5.74) is 0.181. The summed E-state index contributed by atoms with van der Waals surface area (Å²) in [6.45, 7) is 10.1. The van der Waals surface area contributed by atoms with E-state index in [0.29, 0.717) is 0 Å². The molecule has 0 aliphatic carbocycles. The highest BCUT2D eigenvalue weighted by atomic mass is 16.5. The van der Waals surface area contributed by atoms with Crippen LogP contribution >= 0.6 is 0 Å². The highest BCUT2D eigenvalue weighted by Gasteiger charge is 2.32. The van der Waals surface area contributed by atoms with E-state index in [9.17, 15) is 4.79 Å². The minimum Gasteiger partial charge on any atom is -0.464 e. The van der Waals surface area contributed by atoms with Crippen molar-refractivity contribution < 1.29 is 13.9 Å². The lowest BCUT2D eigenvalue weighted by atomic mass is 9.94. The van der Waals surface area contributed by atoms with Crippen molar-refractivity contribution in [1.29, 1.82) is 0 Å². The molecule has 0 bridgehead atoms. The molecule has 2 atom stereocenters. The Hall–Kier alpha value is -2.22. The van der Waals surface area contributed by atoms with Crippen molar-refractivity contribution >= 4 is 5.97 Å². The average Bonchev–Trinajstić information content (AvgIpc) is 3.31. The summed E-state index contributed by atoms with van der Waals surface area (Å²) in [5.74, 6) is 1.16. The summed E-state index contributed by atoms with van der Waals surface area (Å²) < 4.78 is 12.4. The number of nitrogens with zero attached hydrogens (tertiary/aromatic N) is 5. The molecule has 3 rings (SSSR count). The molecule has 0 aromatic carbocycles. The van der Waals surface area contributed by atoms with Crippen LogP contribution in [0.25, 0.3) is 0 Å². The molecular formula is C17H25N5O3. The lowest BCUT2D eigenvalue weighted by Crippen LogP contribution is -2.25. The molecule has 0 radical (unpaired) electrons. The van der Waals surface area contributed by atoms with Crippen LogP contribution < -0.4 is 0 Å². The minimum atomic E-state index is -0.469. The zero-order valence-electron chi connectivity index (χ0n) is 15.4. The first kappa shape index (κ1) is 17.6. The van der Waals surface area contributed by atoms with E-state index in [1.54, 1.807) is 10.9 Å². The number of oxazole rings is 1. The fourth-order valence-corrected chi connectivity index (χ4v) is 2.97. The number of hydrogen-bond acceptors (Lipinski definition) is 7. The Kier molecular flexibility index (Phi) is 4.64. The summed E-state index contributed by atoms with van der Waals surface area (Å²) in [6.07, 6.45) is 4.40. The third-order valence-electron chi connectivity index (χ3n) is 4.64. The van der Waals surface area contributed by atoms with Gasteiger partial charge in [0.15, 0.2) is 5.69 Å². The second-order valence-electron chi connectivity index (χ2n) is 7.50. The van der Waals surface area contributed by atoms with Crippen molar-refractivity contribution in [2.45, 2.75) is 51.6 Å². The van der Waals surface area contributed by atoms with E-state index in [1.165, 1.54) is 7.11 Å². The molecule has 136 valence electrons. The summed E-state index contributed by atoms with van der Waals surface area (Å²) in [5, 5.41) is 7.95. The smallest absolute Gasteiger partial charge is 0.360 e. The molecule has 8 heteroatoms. The Balaban J connectivity index is 1.67. The lowest BCUT2D eigenvalue weighted by molar-refractivity contribution is 0.0594. The van der Waals surface area contributed by atoms with Gasteiger partial charge in [0, 0.05) is 18.5 Å². The van der Waals surface area contributed by atoms with Crippen LogP contribution in [0.2, 0.25) is 0 Å². The second-order valence-corrected chi connectivity index (χ2v) is 7.50. The third kappa shape index (κ3) is 3.58. The van der Waals surface area contributed by atoms with Gasteiger partial charge in [-0.3, -0.25) is 4.90 Å². The molecule has 25 heavy (non-hydrogen) atoms.